The van der Waals surface area contributed by atoms with Crippen molar-refractivity contribution < 1.29 is 4.84 Å². The summed E-state index contributed by atoms with van der Waals surface area (Å²) in [5.74, 6) is 0. The van der Waals surface area contributed by atoms with Crippen molar-refractivity contribution in [3.8, 4) is 0 Å². The molecule has 0 saturated heterocycles. The van der Waals surface area contributed by atoms with Gasteiger partial charge in [0.2, 0.25) is 0 Å². The summed E-state index contributed by atoms with van der Waals surface area (Å²) >= 11 is 11.5. The van der Waals surface area contributed by atoms with Crippen LogP contribution in [0.3, 0.4) is 0 Å². The standard InChI is InChI=1S/C7H8Cl2N2O/c1-12-11-4-7-6(9)2-5(8)3-10-7/h2-3,11H,4H2,1H3. The molecule has 0 aliphatic heterocycles. The zero-order valence-corrected chi connectivity index (χ0v) is 7.99. The number of halogens is 2. The lowest BCUT2D eigenvalue weighted by molar-refractivity contribution is 0.0858. The summed E-state index contributed by atoms with van der Waals surface area (Å²) in [5, 5.41) is 1.06. The molecule has 0 unspecified atom stereocenters. The van der Waals surface area contributed by atoms with Gasteiger partial charge in [-0.15, -0.1) is 0 Å². The quantitative estimate of drug-likeness (QED) is 0.770. The maximum absolute atomic E-state index is 5.82. The van der Waals surface area contributed by atoms with Gasteiger partial charge in [-0.1, -0.05) is 23.2 Å². The van der Waals surface area contributed by atoms with Gasteiger partial charge >= 0.3 is 0 Å². The Bertz CT molecular complexity index is 268. The first-order valence-electron chi connectivity index (χ1n) is 3.30. The maximum atomic E-state index is 5.82. The molecule has 1 aromatic rings. The van der Waals surface area contributed by atoms with E-state index in [1.54, 1.807) is 12.3 Å². The van der Waals surface area contributed by atoms with E-state index in [-0.39, 0.29) is 0 Å². The Morgan fingerprint density at radius 2 is 2.33 bits per heavy atom. The lowest BCUT2D eigenvalue weighted by atomic mass is 10.3. The van der Waals surface area contributed by atoms with Gasteiger partial charge in [-0.25, -0.2) is 0 Å². The van der Waals surface area contributed by atoms with Gasteiger partial charge in [0.05, 0.1) is 29.4 Å². The molecule has 0 aliphatic rings. The molecular weight excluding hydrogens is 199 g/mol. The molecule has 3 nitrogen and oxygen atoms in total. The van der Waals surface area contributed by atoms with Gasteiger partial charge in [0.25, 0.3) is 0 Å². The zero-order valence-electron chi connectivity index (χ0n) is 6.47. The molecule has 1 N–H and O–H groups in total. The second-order valence-electron chi connectivity index (χ2n) is 2.11. The largest absolute Gasteiger partial charge is 0.305 e. The third-order valence-electron chi connectivity index (χ3n) is 1.27. The van der Waals surface area contributed by atoms with Crippen molar-refractivity contribution in [3.63, 3.8) is 0 Å². The van der Waals surface area contributed by atoms with Crippen LogP contribution in [0.15, 0.2) is 12.3 Å². The minimum atomic E-state index is 0.465. The minimum Gasteiger partial charge on any atom is -0.305 e. The van der Waals surface area contributed by atoms with E-state index in [0.717, 1.165) is 0 Å². The van der Waals surface area contributed by atoms with E-state index < -0.39 is 0 Å². The van der Waals surface area contributed by atoms with Crippen LogP contribution in [0.1, 0.15) is 5.69 Å². The lowest BCUT2D eigenvalue weighted by Gasteiger charge is -2.03. The first-order valence-corrected chi connectivity index (χ1v) is 4.05. The summed E-state index contributed by atoms with van der Waals surface area (Å²) in [6, 6.07) is 1.64. The predicted molar refractivity (Wildman–Crippen MR) is 48.1 cm³/mol. The van der Waals surface area contributed by atoms with Crippen LogP contribution in [-0.4, -0.2) is 12.1 Å². The van der Waals surface area contributed by atoms with Crippen LogP contribution in [0.25, 0.3) is 0 Å². The van der Waals surface area contributed by atoms with Gasteiger partial charge in [-0.2, -0.15) is 5.48 Å². The highest BCUT2D eigenvalue weighted by molar-refractivity contribution is 6.34. The molecular formula is C7H8Cl2N2O. The first kappa shape index (κ1) is 9.74. The van der Waals surface area contributed by atoms with Crippen molar-refractivity contribution in [3.05, 3.63) is 28.0 Å². The Hall–Kier alpha value is -0.350. The van der Waals surface area contributed by atoms with E-state index in [1.807, 2.05) is 0 Å². The molecule has 0 atom stereocenters. The SMILES string of the molecule is CONCc1ncc(Cl)cc1Cl. The Labute approximate surface area is 80.6 Å². The molecule has 0 saturated carbocycles. The molecule has 5 heteroatoms. The number of hydroxylamine groups is 1. The second kappa shape index (κ2) is 4.62. The van der Waals surface area contributed by atoms with Crippen molar-refractivity contribution in [2.75, 3.05) is 7.11 Å². The molecule has 0 radical (unpaired) electrons. The van der Waals surface area contributed by atoms with Crippen LogP contribution in [0.5, 0.6) is 0 Å². The van der Waals surface area contributed by atoms with Crippen molar-refractivity contribution in [2.24, 2.45) is 0 Å². The van der Waals surface area contributed by atoms with Crippen molar-refractivity contribution in [2.45, 2.75) is 6.54 Å². The van der Waals surface area contributed by atoms with Crippen LogP contribution < -0.4 is 5.48 Å². The van der Waals surface area contributed by atoms with Crippen LogP contribution in [0, 0.1) is 0 Å². The van der Waals surface area contributed by atoms with Gasteiger partial charge in [-0.3, -0.25) is 4.98 Å². The van der Waals surface area contributed by atoms with E-state index in [1.165, 1.54) is 7.11 Å². The van der Waals surface area contributed by atoms with Crippen LogP contribution >= 0.6 is 23.2 Å². The van der Waals surface area contributed by atoms with Crippen molar-refractivity contribution >= 4 is 23.2 Å². The van der Waals surface area contributed by atoms with Gasteiger partial charge in [-0.05, 0) is 6.07 Å². The van der Waals surface area contributed by atoms with Gasteiger partial charge in [0.1, 0.15) is 0 Å². The highest BCUT2D eigenvalue weighted by atomic mass is 35.5. The minimum absolute atomic E-state index is 0.465. The lowest BCUT2D eigenvalue weighted by Crippen LogP contribution is -2.12. The average molecular weight is 207 g/mol. The highest BCUT2D eigenvalue weighted by Gasteiger charge is 2.01. The summed E-state index contributed by atoms with van der Waals surface area (Å²) in [6.07, 6.45) is 1.54. The number of aromatic nitrogens is 1. The zero-order chi connectivity index (χ0) is 8.97. The van der Waals surface area contributed by atoms with E-state index in [2.05, 4.69) is 15.3 Å². The molecule has 66 valence electrons. The topological polar surface area (TPSA) is 34.1 Å². The van der Waals surface area contributed by atoms with E-state index in [9.17, 15) is 0 Å². The van der Waals surface area contributed by atoms with E-state index >= 15 is 0 Å². The van der Waals surface area contributed by atoms with Crippen molar-refractivity contribution in [1.82, 2.24) is 10.5 Å². The van der Waals surface area contributed by atoms with Crippen molar-refractivity contribution in [1.29, 1.82) is 0 Å². The summed E-state index contributed by atoms with van der Waals surface area (Å²) in [6.45, 7) is 0.465. The normalized spacial score (nSPS) is 10.2. The van der Waals surface area contributed by atoms with Gasteiger partial charge in [0, 0.05) is 6.20 Å². The van der Waals surface area contributed by atoms with Crippen LogP contribution in [0.2, 0.25) is 10.0 Å². The molecule has 12 heavy (non-hydrogen) atoms. The fourth-order valence-corrected chi connectivity index (χ4v) is 1.16. The molecule has 0 bridgehead atoms. The third kappa shape index (κ3) is 2.60. The van der Waals surface area contributed by atoms with Crippen LogP contribution in [-0.2, 0) is 11.4 Å². The Kier molecular flexibility index (Phi) is 3.75. The van der Waals surface area contributed by atoms with E-state index in [0.29, 0.717) is 22.3 Å². The molecule has 0 aliphatic carbocycles. The summed E-state index contributed by atoms with van der Waals surface area (Å²) in [4.78, 5) is 8.66. The number of nitrogens with zero attached hydrogens (tertiary/aromatic N) is 1. The summed E-state index contributed by atoms with van der Waals surface area (Å²) in [7, 11) is 1.53. The number of nitrogens with one attached hydrogen (secondary N) is 1. The highest BCUT2D eigenvalue weighted by Crippen LogP contribution is 2.17. The fraction of sp³-hybridized carbons (Fsp3) is 0.286. The second-order valence-corrected chi connectivity index (χ2v) is 2.95. The predicted octanol–water partition coefficient (Wildman–Crippen LogP) is 2.04. The van der Waals surface area contributed by atoms with Gasteiger partial charge < -0.3 is 4.84 Å². The maximum Gasteiger partial charge on any atom is 0.0752 e. The third-order valence-corrected chi connectivity index (χ3v) is 1.80. The molecule has 1 heterocycles. The molecule has 1 rings (SSSR count). The monoisotopic (exact) mass is 206 g/mol. The fourth-order valence-electron chi connectivity index (χ4n) is 0.713. The molecule has 0 spiro atoms. The number of hydrogen-bond acceptors (Lipinski definition) is 3. The molecule has 0 aromatic carbocycles. The Morgan fingerprint density at radius 3 is 2.92 bits per heavy atom. The summed E-state index contributed by atoms with van der Waals surface area (Å²) < 4.78 is 0. The first-order chi connectivity index (χ1) is 5.74. The number of hydrogen-bond donors (Lipinski definition) is 1. The smallest absolute Gasteiger partial charge is 0.0752 e. The summed E-state index contributed by atoms with van der Waals surface area (Å²) in [5.41, 5.74) is 3.35. The van der Waals surface area contributed by atoms with E-state index in [4.69, 9.17) is 23.2 Å². The molecule has 0 amide bonds. The van der Waals surface area contributed by atoms with Gasteiger partial charge in [0.15, 0.2) is 0 Å². The molecule has 1 aromatic heterocycles. The molecule has 0 fully saturated rings. The Balaban J connectivity index is 2.72. The van der Waals surface area contributed by atoms with Crippen LogP contribution in [0.4, 0.5) is 0 Å². The number of rotatable bonds is 3. The Morgan fingerprint density at radius 1 is 1.58 bits per heavy atom. The number of pyridine rings is 1. The average Bonchev–Trinajstić information content (AvgIpc) is 2.03.